The Bertz CT molecular complexity index is 753. The number of esters is 1. The van der Waals surface area contributed by atoms with Crippen LogP contribution in [-0.4, -0.2) is 67.6 Å². The van der Waals surface area contributed by atoms with Gasteiger partial charge in [-0.2, -0.15) is 0 Å². The highest BCUT2D eigenvalue weighted by atomic mass is 16.5. The Balaban J connectivity index is 1.59. The minimum atomic E-state index is -0.121. The number of piperidine rings is 1. The number of aliphatic imine (C=N–C) groups is 1. The van der Waals surface area contributed by atoms with Crippen molar-refractivity contribution in [3.05, 3.63) is 29.8 Å². The van der Waals surface area contributed by atoms with Gasteiger partial charge in [0.25, 0.3) is 0 Å². The largest absolute Gasteiger partial charge is 0.469 e. The van der Waals surface area contributed by atoms with Crippen LogP contribution in [0, 0.1) is 5.92 Å². The van der Waals surface area contributed by atoms with Gasteiger partial charge in [0, 0.05) is 38.4 Å². The SMILES string of the molecule is CCNC(=NCc1cccc(NC(=O)N2CCCC2)c1)N1CCC(C(=O)OC)CC1. The van der Waals surface area contributed by atoms with E-state index in [2.05, 4.69) is 15.5 Å². The van der Waals surface area contributed by atoms with Gasteiger partial charge in [-0.05, 0) is 50.3 Å². The van der Waals surface area contributed by atoms with Crippen molar-refractivity contribution in [2.75, 3.05) is 45.2 Å². The monoisotopic (exact) mass is 415 g/mol. The number of guanidine groups is 1. The zero-order valence-corrected chi connectivity index (χ0v) is 18.0. The van der Waals surface area contributed by atoms with Gasteiger partial charge in [-0.25, -0.2) is 9.79 Å². The molecule has 2 fully saturated rings. The van der Waals surface area contributed by atoms with Crippen molar-refractivity contribution in [2.45, 2.75) is 39.2 Å². The van der Waals surface area contributed by atoms with Crippen LogP contribution in [0.15, 0.2) is 29.3 Å². The molecule has 30 heavy (non-hydrogen) atoms. The number of urea groups is 1. The Morgan fingerprint density at radius 2 is 1.87 bits per heavy atom. The normalized spacial score (nSPS) is 17.7. The average Bonchev–Trinajstić information content (AvgIpc) is 3.32. The van der Waals surface area contributed by atoms with E-state index in [1.807, 2.05) is 36.1 Å². The zero-order chi connectivity index (χ0) is 21.3. The standard InChI is InChI=1S/C22H33N5O3/c1-3-23-21(26-13-9-18(10-14-26)20(28)30-2)24-16-17-7-6-8-19(15-17)25-22(29)27-11-4-5-12-27/h6-8,15,18H,3-5,9-14,16H2,1-2H3,(H,23,24)(H,25,29). The van der Waals surface area contributed by atoms with Crippen LogP contribution in [0.3, 0.4) is 0 Å². The molecule has 3 rings (SSSR count). The van der Waals surface area contributed by atoms with Crippen LogP contribution < -0.4 is 10.6 Å². The predicted molar refractivity (Wildman–Crippen MR) is 117 cm³/mol. The third-order valence-electron chi connectivity index (χ3n) is 5.65. The summed E-state index contributed by atoms with van der Waals surface area (Å²) < 4.78 is 4.87. The molecule has 2 aliphatic heterocycles. The highest BCUT2D eigenvalue weighted by Gasteiger charge is 2.27. The number of nitrogens with zero attached hydrogens (tertiary/aromatic N) is 3. The van der Waals surface area contributed by atoms with Gasteiger partial charge in [0.15, 0.2) is 5.96 Å². The molecule has 0 unspecified atom stereocenters. The minimum Gasteiger partial charge on any atom is -0.469 e. The molecule has 1 aromatic carbocycles. The number of benzene rings is 1. The number of anilines is 1. The molecule has 0 aliphatic carbocycles. The third kappa shape index (κ3) is 5.87. The number of carbonyl (C=O) groups is 2. The summed E-state index contributed by atoms with van der Waals surface area (Å²) in [6.07, 6.45) is 3.70. The van der Waals surface area contributed by atoms with Gasteiger partial charge in [-0.15, -0.1) is 0 Å². The van der Waals surface area contributed by atoms with Crippen molar-refractivity contribution in [1.29, 1.82) is 0 Å². The van der Waals surface area contributed by atoms with Crippen molar-refractivity contribution < 1.29 is 14.3 Å². The number of hydrogen-bond acceptors (Lipinski definition) is 4. The van der Waals surface area contributed by atoms with Crippen LogP contribution >= 0.6 is 0 Å². The first-order valence-electron chi connectivity index (χ1n) is 10.9. The molecule has 0 radical (unpaired) electrons. The minimum absolute atomic E-state index is 0.0231. The number of carbonyl (C=O) groups excluding carboxylic acids is 2. The van der Waals surface area contributed by atoms with Crippen molar-refractivity contribution >= 4 is 23.6 Å². The molecule has 0 aromatic heterocycles. The van der Waals surface area contributed by atoms with Crippen molar-refractivity contribution in [1.82, 2.24) is 15.1 Å². The first-order chi connectivity index (χ1) is 14.6. The van der Waals surface area contributed by atoms with Crippen molar-refractivity contribution in [3.8, 4) is 0 Å². The van der Waals surface area contributed by atoms with Crippen molar-refractivity contribution in [2.24, 2.45) is 10.9 Å². The van der Waals surface area contributed by atoms with Gasteiger partial charge < -0.3 is 25.2 Å². The fourth-order valence-corrected chi connectivity index (χ4v) is 3.96. The summed E-state index contributed by atoms with van der Waals surface area (Å²) in [6, 6.07) is 7.81. The Hall–Kier alpha value is -2.77. The molecule has 2 aliphatic rings. The van der Waals surface area contributed by atoms with E-state index in [1.54, 1.807) is 0 Å². The lowest BCUT2D eigenvalue weighted by molar-refractivity contribution is -0.146. The van der Waals surface area contributed by atoms with Gasteiger partial charge in [0.2, 0.25) is 0 Å². The molecular weight excluding hydrogens is 382 g/mol. The maximum Gasteiger partial charge on any atom is 0.321 e. The fraction of sp³-hybridized carbons (Fsp3) is 0.591. The van der Waals surface area contributed by atoms with E-state index in [1.165, 1.54) is 7.11 Å². The lowest BCUT2D eigenvalue weighted by atomic mass is 9.97. The van der Waals surface area contributed by atoms with E-state index in [0.29, 0.717) is 6.54 Å². The number of hydrogen-bond donors (Lipinski definition) is 2. The summed E-state index contributed by atoms with van der Waals surface area (Å²) in [5.74, 6) is 0.710. The van der Waals surface area contributed by atoms with Gasteiger partial charge >= 0.3 is 12.0 Å². The molecular formula is C22H33N5O3. The smallest absolute Gasteiger partial charge is 0.321 e. The molecule has 0 atom stereocenters. The summed E-state index contributed by atoms with van der Waals surface area (Å²) in [6.45, 7) is 6.55. The molecule has 164 valence electrons. The number of rotatable bonds is 5. The summed E-state index contributed by atoms with van der Waals surface area (Å²) in [7, 11) is 1.45. The molecule has 1 aromatic rings. The Labute approximate surface area is 178 Å². The topological polar surface area (TPSA) is 86.3 Å². The van der Waals surface area contributed by atoms with Gasteiger partial charge in [0.1, 0.15) is 0 Å². The maximum absolute atomic E-state index is 12.3. The van der Waals surface area contributed by atoms with Gasteiger partial charge in [-0.1, -0.05) is 12.1 Å². The van der Waals surface area contributed by atoms with Crippen LogP contribution in [0.5, 0.6) is 0 Å². The molecule has 8 heteroatoms. The van der Waals surface area contributed by atoms with E-state index in [9.17, 15) is 9.59 Å². The van der Waals surface area contributed by atoms with Gasteiger partial charge in [-0.3, -0.25) is 4.79 Å². The van der Waals surface area contributed by atoms with Crippen LogP contribution in [-0.2, 0) is 16.1 Å². The molecule has 0 spiro atoms. The summed E-state index contributed by atoms with van der Waals surface area (Å²) in [5, 5.41) is 6.34. The van der Waals surface area contributed by atoms with E-state index >= 15 is 0 Å². The van der Waals surface area contributed by atoms with Crippen LogP contribution in [0.1, 0.15) is 38.2 Å². The molecule has 2 N–H and O–H groups in total. The average molecular weight is 416 g/mol. The van der Waals surface area contributed by atoms with E-state index in [4.69, 9.17) is 9.73 Å². The number of amides is 2. The summed E-state index contributed by atoms with van der Waals surface area (Å²) in [4.78, 5) is 32.9. The van der Waals surface area contributed by atoms with E-state index in [-0.39, 0.29) is 17.9 Å². The maximum atomic E-state index is 12.3. The first kappa shape index (κ1) is 21.9. The second-order valence-corrected chi connectivity index (χ2v) is 7.78. The quantitative estimate of drug-likeness (QED) is 0.439. The predicted octanol–water partition coefficient (Wildman–Crippen LogP) is 2.66. The first-order valence-corrected chi connectivity index (χ1v) is 10.9. The summed E-state index contributed by atoms with van der Waals surface area (Å²) >= 11 is 0. The molecule has 2 saturated heterocycles. The van der Waals surface area contributed by atoms with Crippen molar-refractivity contribution in [3.63, 3.8) is 0 Å². The van der Waals surface area contributed by atoms with Crippen LogP contribution in [0.25, 0.3) is 0 Å². The molecule has 0 saturated carbocycles. The zero-order valence-electron chi connectivity index (χ0n) is 18.0. The number of likely N-dealkylation sites (tertiary alicyclic amines) is 2. The Kier molecular flexibility index (Phi) is 7.93. The highest BCUT2D eigenvalue weighted by Crippen LogP contribution is 2.19. The number of methoxy groups -OCH3 is 1. The Morgan fingerprint density at radius 1 is 1.13 bits per heavy atom. The van der Waals surface area contributed by atoms with Crippen LogP contribution in [0.2, 0.25) is 0 Å². The lowest BCUT2D eigenvalue weighted by Crippen LogP contribution is -2.46. The second-order valence-electron chi connectivity index (χ2n) is 7.78. The summed E-state index contributed by atoms with van der Waals surface area (Å²) in [5.41, 5.74) is 1.83. The number of ether oxygens (including phenoxy) is 1. The lowest BCUT2D eigenvalue weighted by Gasteiger charge is -2.33. The van der Waals surface area contributed by atoms with Gasteiger partial charge in [0.05, 0.1) is 19.6 Å². The molecule has 0 bridgehead atoms. The third-order valence-corrected chi connectivity index (χ3v) is 5.65. The second kappa shape index (κ2) is 10.8. The molecule has 2 heterocycles. The molecule has 2 amide bonds. The fourth-order valence-electron chi connectivity index (χ4n) is 3.96. The highest BCUT2D eigenvalue weighted by molar-refractivity contribution is 5.89. The van der Waals surface area contributed by atoms with E-state index in [0.717, 1.165) is 75.6 Å². The Morgan fingerprint density at radius 3 is 2.53 bits per heavy atom. The number of nitrogens with one attached hydrogen (secondary N) is 2. The molecule has 8 nitrogen and oxygen atoms in total. The van der Waals surface area contributed by atoms with E-state index < -0.39 is 0 Å². The van der Waals surface area contributed by atoms with Crippen LogP contribution in [0.4, 0.5) is 10.5 Å².